The Labute approximate surface area is 136 Å². The van der Waals surface area contributed by atoms with E-state index in [1.165, 1.54) is 19.5 Å². The van der Waals surface area contributed by atoms with Crippen molar-refractivity contribution >= 4 is 60.5 Å². The van der Waals surface area contributed by atoms with Gasteiger partial charge in [0, 0.05) is 40.3 Å². The van der Waals surface area contributed by atoms with E-state index in [1.807, 2.05) is 6.07 Å². The van der Waals surface area contributed by atoms with Crippen LogP contribution in [-0.2, 0) is 0 Å². The quantitative estimate of drug-likeness (QED) is 0.767. The van der Waals surface area contributed by atoms with Gasteiger partial charge in [0.1, 0.15) is 0 Å². The van der Waals surface area contributed by atoms with Crippen molar-refractivity contribution in [1.82, 2.24) is 10.6 Å². The molecule has 2 N–H and O–H groups in total. The molecule has 0 atom stereocenters. The van der Waals surface area contributed by atoms with Crippen LogP contribution in [-0.4, -0.2) is 25.5 Å². The third-order valence-electron chi connectivity index (χ3n) is 3.69. The van der Waals surface area contributed by atoms with E-state index >= 15 is 0 Å². The molecule has 0 saturated carbocycles. The van der Waals surface area contributed by atoms with Gasteiger partial charge < -0.3 is 10.6 Å². The van der Waals surface area contributed by atoms with Crippen LogP contribution in [0.1, 0.15) is 9.67 Å². The van der Waals surface area contributed by atoms with Crippen molar-refractivity contribution < 1.29 is 4.79 Å². The molecule has 1 aromatic carbocycles. The fourth-order valence-corrected chi connectivity index (χ4v) is 4.87. The molecule has 21 heavy (non-hydrogen) atoms. The Hall–Kier alpha value is -1.14. The molecular weight excluding hydrogens is 324 g/mol. The van der Waals surface area contributed by atoms with Crippen LogP contribution in [0.3, 0.4) is 0 Å². The molecule has 0 radical (unpaired) electrons. The van der Waals surface area contributed by atoms with E-state index in [4.69, 9.17) is 0 Å². The number of rotatable bonds is 3. The fraction of sp³-hybridized carbons (Fsp3) is 0.267. The first kappa shape index (κ1) is 14.8. The van der Waals surface area contributed by atoms with Crippen molar-refractivity contribution in [2.24, 2.45) is 5.92 Å². The first-order valence-corrected chi connectivity index (χ1v) is 8.34. The normalized spacial score (nSPS) is 14.9. The fourth-order valence-electron chi connectivity index (χ4n) is 2.43. The molecule has 0 unspecified atom stereocenters. The third kappa shape index (κ3) is 2.66. The summed E-state index contributed by atoms with van der Waals surface area (Å²) in [6, 6.07) is 10.4. The number of halogens is 1. The Morgan fingerprint density at radius 1 is 1.24 bits per heavy atom. The van der Waals surface area contributed by atoms with Gasteiger partial charge in [0.05, 0.1) is 9.58 Å². The standard InChI is InChI=1S/C15H14N2OS2.ClH/c18-15(17-8-9-6-16-7-9)13-5-12-14(20-13)10-3-1-2-4-11(10)19-12;/h1-5,9,16H,6-8H2,(H,17,18);1H. The van der Waals surface area contributed by atoms with Gasteiger partial charge in [-0.15, -0.1) is 35.1 Å². The molecule has 0 aliphatic carbocycles. The van der Waals surface area contributed by atoms with Crippen LogP contribution < -0.4 is 10.6 Å². The highest BCUT2D eigenvalue weighted by Gasteiger charge is 2.19. The summed E-state index contributed by atoms with van der Waals surface area (Å²) in [5, 5.41) is 7.51. The molecule has 4 rings (SSSR count). The van der Waals surface area contributed by atoms with Crippen LogP contribution >= 0.6 is 35.1 Å². The molecule has 1 saturated heterocycles. The number of hydrogen-bond acceptors (Lipinski definition) is 4. The number of thiophene rings is 2. The minimum Gasteiger partial charge on any atom is -0.351 e. The second-order valence-electron chi connectivity index (χ2n) is 5.14. The number of fused-ring (bicyclic) bond motifs is 3. The molecule has 3 aromatic rings. The summed E-state index contributed by atoms with van der Waals surface area (Å²) in [5.41, 5.74) is 0. The van der Waals surface area contributed by atoms with Gasteiger partial charge in [-0.3, -0.25) is 4.79 Å². The van der Waals surface area contributed by atoms with Gasteiger partial charge in [0.2, 0.25) is 0 Å². The summed E-state index contributed by atoms with van der Waals surface area (Å²) in [4.78, 5) is 13.0. The molecule has 110 valence electrons. The van der Waals surface area contributed by atoms with Crippen molar-refractivity contribution in [2.75, 3.05) is 19.6 Å². The van der Waals surface area contributed by atoms with E-state index in [2.05, 4.69) is 34.9 Å². The minimum atomic E-state index is 0. The first-order valence-electron chi connectivity index (χ1n) is 6.71. The summed E-state index contributed by atoms with van der Waals surface area (Å²) < 4.78 is 3.74. The number of carbonyl (C=O) groups is 1. The number of carbonyl (C=O) groups excluding carboxylic acids is 1. The van der Waals surface area contributed by atoms with Gasteiger partial charge in [-0.2, -0.15) is 0 Å². The predicted octanol–water partition coefficient (Wildman–Crippen LogP) is 3.49. The highest BCUT2D eigenvalue weighted by Crippen LogP contribution is 2.39. The lowest BCUT2D eigenvalue weighted by atomic mass is 10.0. The summed E-state index contributed by atoms with van der Waals surface area (Å²) in [6.07, 6.45) is 0. The summed E-state index contributed by atoms with van der Waals surface area (Å²) in [5.74, 6) is 0.662. The lowest BCUT2D eigenvalue weighted by Crippen LogP contribution is -2.48. The van der Waals surface area contributed by atoms with Gasteiger partial charge in [-0.05, 0) is 12.1 Å². The maximum atomic E-state index is 12.2. The molecule has 1 aliphatic rings. The second kappa shape index (κ2) is 5.93. The molecule has 6 heteroatoms. The van der Waals surface area contributed by atoms with Crippen LogP contribution in [0.25, 0.3) is 19.5 Å². The second-order valence-corrected chi connectivity index (χ2v) is 7.27. The smallest absolute Gasteiger partial charge is 0.261 e. The lowest BCUT2D eigenvalue weighted by Gasteiger charge is -2.26. The zero-order valence-electron chi connectivity index (χ0n) is 11.2. The average Bonchev–Trinajstić information content (AvgIpc) is 2.94. The van der Waals surface area contributed by atoms with Gasteiger partial charge in [0.15, 0.2) is 0 Å². The molecule has 1 fully saturated rings. The maximum absolute atomic E-state index is 12.2. The van der Waals surface area contributed by atoms with E-state index in [0.29, 0.717) is 5.92 Å². The average molecular weight is 339 g/mol. The third-order valence-corrected chi connectivity index (χ3v) is 6.10. The Morgan fingerprint density at radius 3 is 2.81 bits per heavy atom. The van der Waals surface area contributed by atoms with E-state index in [9.17, 15) is 4.79 Å². The van der Waals surface area contributed by atoms with Gasteiger partial charge >= 0.3 is 0 Å². The predicted molar refractivity (Wildman–Crippen MR) is 93.1 cm³/mol. The van der Waals surface area contributed by atoms with Crippen LogP contribution in [0, 0.1) is 5.92 Å². The molecule has 0 bridgehead atoms. The van der Waals surface area contributed by atoms with E-state index in [1.54, 1.807) is 22.7 Å². The van der Waals surface area contributed by atoms with Crippen molar-refractivity contribution in [3.8, 4) is 0 Å². The zero-order valence-corrected chi connectivity index (χ0v) is 13.7. The van der Waals surface area contributed by atoms with Crippen molar-refractivity contribution in [3.63, 3.8) is 0 Å². The molecule has 3 nitrogen and oxygen atoms in total. The molecule has 1 amide bonds. The minimum absolute atomic E-state index is 0. The van der Waals surface area contributed by atoms with Gasteiger partial charge in [0.25, 0.3) is 5.91 Å². The maximum Gasteiger partial charge on any atom is 0.261 e. The summed E-state index contributed by atoms with van der Waals surface area (Å²) in [7, 11) is 0. The summed E-state index contributed by atoms with van der Waals surface area (Å²) in [6.45, 7) is 2.81. The van der Waals surface area contributed by atoms with E-state index < -0.39 is 0 Å². The Morgan fingerprint density at radius 2 is 2.05 bits per heavy atom. The van der Waals surface area contributed by atoms with Crippen LogP contribution in [0.4, 0.5) is 0 Å². The molecule has 1 aliphatic heterocycles. The Balaban J connectivity index is 0.00000132. The Bertz CT molecular complexity index is 791. The SMILES string of the molecule is Cl.O=C(NCC1CNC1)c1cc2sc3ccccc3c2s1. The lowest BCUT2D eigenvalue weighted by molar-refractivity contribution is 0.0946. The molecule has 3 heterocycles. The number of hydrogen-bond donors (Lipinski definition) is 2. The van der Waals surface area contributed by atoms with E-state index in [-0.39, 0.29) is 18.3 Å². The first-order chi connectivity index (χ1) is 9.81. The van der Waals surface area contributed by atoms with E-state index in [0.717, 1.165) is 24.5 Å². The topological polar surface area (TPSA) is 41.1 Å². The molecular formula is C15H15ClN2OS2. The van der Waals surface area contributed by atoms with Crippen LogP contribution in [0.2, 0.25) is 0 Å². The number of benzene rings is 1. The van der Waals surface area contributed by atoms with Crippen molar-refractivity contribution in [3.05, 3.63) is 35.2 Å². The van der Waals surface area contributed by atoms with Gasteiger partial charge in [-0.1, -0.05) is 18.2 Å². The van der Waals surface area contributed by atoms with Crippen molar-refractivity contribution in [1.29, 1.82) is 0 Å². The zero-order chi connectivity index (χ0) is 13.5. The van der Waals surface area contributed by atoms with Crippen molar-refractivity contribution in [2.45, 2.75) is 0 Å². The molecule has 2 aromatic heterocycles. The summed E-state index contributed by atoms with van der Waals surface area (Å²) >= 11 is 3.36. The number of nitrogens with one attached hydrogen (secondary N) is 2. The highest BCUT2D eigenvalue weighted by atomic mass is 35.5. The van der Waals surface area contributed by atoms with Crippen LogP contribution in [0.5, 0.6) is 0 Å². The van der Waals surface area contributed by atoms with Gasteiger partial charge in [-0.25, -0.2) is 0 Å². The molecule has 0 spiro atoms. The number of amides is 1. The highest BCUT2D eigenvalue weighted by molar-refractivity contribution is 7.33. The Kier molecular flexibility index (Phi) is 4.17. The largest absolute Gasteiger partial charge is 0.351 e. The van der Waals surface area contributed by atoms with Crippen LogP contribution in [0.15, 0.2) is 30.3 Å². The monoisotopic (exact) mass is 338 g/mol.